The minimum absolute atomic E-state index is 0.0430. The van der Waals surface area contributed by atoms with E-state index < -0.39 is 134 Å². The second-order valence-corrected chi connectivity index (χ2v) is 17.9. The average molecular weight is 965 g/mol. The Hall–Kier alpha value is -6.84. The van der Waals surface area contributed by atoms with Gasteiger partial charge in [0.05, 0.1) is 48.3 Å². The second-order valence-electron chi connectivity index (χ2n) is 17.9. The number of nitrogens with zero attached hydrogens (tertiary/aromatic N) is 2. The van der Waals surface area contributed by atoms with Crippen LogP contribution in [0.3, 0.4) is 0 Å². The van der Waals surface area contributed by atoms with Crippen LogP contribution in [0.5, 0.6) is 11.5 Å². The second kappa shape index (κ2) is 21.6. The van der Waals surface area contributed by atoms with E-state index >= 15 is 8.78 Å². The number of fused-ring (bicyclic) bond motifs is 1. The van der Waals surface area contributed by atoms with Crippen molar-refractivity contribution in [2.75, 3.05) is 36.0 Å². The molecule has 7 rings (SSSR count). The summed E-state index contributed by atoms with van der Waals surface area (Å²) >= 11 is 0. The number of anilines is 2. The number of hydrogen-bond acceptors (Lipinski definition) is 14. The number of rotatable bonds is 19. The molecule has 3 aromatic rings. The lowest BCUT2D eigenvalue weighted by Gasteiger charge is -2.41. The smallest absolute Gasteiger partial charge is 0.524 e. The molecule has 69 heavy (non-hydrogen) atoms. The minimum atomic E-state index is -1.54. The number of benzene rings is 3. The summed E-state index contributed by atoms with van der Waals surface area (Å²) in [6.07, 6.45) is -1.13. The van der Waals surface area contributed by atoms with Crippen molar-refractivity contribution in [2.45, 2.75) is 89.9 Å². The third kappa shape index (κ3) is 12.1. The van der Waals surface area contributed by atoms with E-state index in [0.717, 1.165) is 12.1 Å². The minimum Gasteiger partial charge on any atom is -0.524 e. The van der Waals surface area contributed by atoms with Gasteiger partial charge in [0.2, 0.25) is 23.6 Å². The van der Waals surface area contributed by atoms with E-state index in [9.17, 15) is 42.3 Å². The van der Waals surface area contributed by atoms with Gasteiger partial charge in [-0.1, -0.05) is 39.8 Å². The normalized spacial score (nSPS) is 19.3. The maximum atomic E-state index is 15.2. The molecule has 24 heteroatoms. The number of amides is 4. The van der Waals surface area contributed by atoms with Gasteiger partial charge in [-0.05, 0) is 61.8 Å². The van der Waals surface area contributed by atoms with Crippen LogP contribution in [0.15, 0.2) is 54.6 Å². The number of ether oxygens (including phenoxy) is 1. The standard InChI is InChI=1S/C45H50B2F4N6O12/c1-23(2)15-37(46-66-34-8-6-5-7-26(34)44(63)68-46)54-39(58)22-53-43(62)32-12-14-57(32)33-19-35(29(51)18-28(33)50)65-41(60)20-36-45(64)69-47(67-36)38(16-24(3)4)55-40(59)21-52-42(61)31-11-13-56(31)30-10-9-25(48)17-27(30)49/h5-10,17-19,23-24,31-32,36-38H,11-16,20-22H2,1-4H3,(H,52,61)(H,53,62)(H,54,58)(H,55,59)/t31-,32-,36-,37-,38-/m0/s1. The zero-order valence-electron chi connectivity index (χ0n) is 38.1. The number of esters is 1. The van der Waals surface area contributed by atoms with E-state index in [1.54, 1.807) is 24.3 Å². The highest BCUT2D eigenvalue weighted by atomic mass is 19.1. The van der Waals surface area contributed by atoms with Gasteiger partial charge in [0, 0.05) is 31.3 Å². The lowest BCUT2D eigenvalue weighted by atomic mass is 9.72. The molecule has 0 aromatic heterocycles. The highest BCUT2D eigenvalue weighted by molar-refractivity contribution is 6.52. The van der Waals surface area contributed by atoms with Crippen molar-refractivity contribution in [2.24, 2.45) is 11.8 Å². The van der Waals surface area contributed by atoms with Crippen molar-refractivity contribution < 1.29 is 74.5 Å². The monoisotopic (exact) mass is 964 g/mol. The highest BCUT2D eigenvalue weighted by Gasteiger charge is 2.48. The average Bonchev–Trinajstić information content (AvgIpc) is 3.62. The molecule has 0 spiro atoms. The zero-order valence-corrected chi connectivity index (χ0v) is 38.1. The van der Waals surface area contributed by atoms with Gasteiger partial charge in [-0.3, -0.25) is 28.8 Å². The van der Waals surface area contributed by atoms with Crippen molar-refractivity contribution in [3.63, 3.8) is 0 Å². The Kier molecular flexibility index (Phi) is 15.7. The summed E-state index contributed by atoms with van der Waals surface area (Å²) in [5.41, 5.74) is 0.00379. The van der Waals surface area contributed by atoms with Crippen LogP contribution < -0.4 is 40.5 Å². The SMILES string of the molecule is CC(C)C[C@H](NC(=O)CNC(=O)[C@@H]1CCN1c1cc(OC(=O)C[C@@H]2OB([C@H](CC(C)C)NC(=O)CNC(=O)[C@@H]3CCN3c3ccc(F)cc3F)OC2=O)c(F)cc1F)B1OC(=O)c2ccccc2O1. The quantitative estimate of drug-likeness (QED) is 0.0588. The lowest BCUT2D eigenvalue weighted by Crippen LogP contribution is -2.59. The predicted molar refractivity (Wildman–Crippen MR) is 238 cm³/mol. The Morgan fingerprint density at radius 1 is 0.710 bits per heavy atom. The molecule has 366 valence electrons. The molecule has 4 heterocycles. The van der Waals surface area contributed by atoms with Gasteiger partial charge in [0.25, 0.3) is 0 Å². The largest absolute Gasteiger partial charge is 0.620 e. The topological polar surface area (TPSA) is 220 Å². The van der Waals surface area contributed by atoms with Crippen molar-refractivity contribution in [3.05, 3.63) is 83.4 Å². The Morgan fingerprint density at radius 2 is 1.29 bits per heavy atom. The predicted octanol–water partition coefficient (Wildman–Crippen LogP) is 2.94. The maximum Gasteiger partial charge on any atom is 0.620 e. The first-order valence-electron chi connectivity index (χ1n) is 22.5. The van der Waals surface area contributed by atoms with Gasteiger partial charge >= 0.3 is 32.1 Å². The summed E-state index contributed by atoms with van der Waals surface area (Å²) in [6.45, 7) is 6.94. The van der Waals surface area contributed by atoms with Crippen LogP contribution >= 0.6 is 0 Å². The first-order chi connectivity index (χ1) is 32.8. The van der Waals surface area contributed by atoms with Gasteiger partial charge < -0.3 is 54.4 Å². The number of hydrogen-bond donors (Lipinski definition) is 4. The molecule has 3 saturated heterocycles. The van der Waals surface area contributed by atoms with Crippen LogP contribution in [0, 0.1) is 35.1 Å². The molecule has 18 nitrogen and oxygen atoms in total. The zero-order chi connectivity index (χ0) is 49.7. The molecule has 4 amide bonds. The molecular weight excluding hydrogens is 914 g/mol. The Bertz CT molecular complexity index is 2490. The van der Waals surface area contributed by atoms with Gasteiger partial charge in [0.15, 0.2) is 17.7 Å². The van der Waals surface area contributed by atoms with Crippen molar-refractivity contribution >= 4 is 67.1 Å². The van der Waals surface area contributed by atoms with Crippen LogP contribution in [-0.4, -0.2) is 112 Å². The van der Waals surface area contributed by atoms with Crippen molar-refractivity contribution in [1.29, 1.82) is 0 Å². The molecule has 0 bridgehead atoms. The number of halogens is 4. The summed E-state index contributed by atoms with van der Waals surface area (Å²) in [4.78, 5) is 93.6. The van der Waals surface area contributed by atoms with Crippen molar-refractivity contribution in [3.8, 4) is 11.5 Å². The molecule has 4 aliphatic heterocycles. The third-order valence-corrected chi connectivity index (χ3v) is 11.8. The van der Waals surface area contributed by atoms with Crippen molar-refractivity contribution in [1.82, 2.24) is 21.3 Å². The number of para-hydroxylation sites is 1. The van der Waals surface area contributed by atoms with Gasteiger partial charge in [-0.2, -0.15) is 0 Å². The maximum absolute atomic E-state index is 15.2. The van der Waals surface area contributed by atoms with Crippen LogP contribution in [0.25, 0.3) is 0 Å². The lowest BCUT2D eigenvalue weighted by molar-refractivity contribution is -0.143. The molecule has 3 aromatic carbocycles. The molecular formula is C45H50B2F4N6O12. The van der Waals surface area contributed by atoms with E-state index in [2.05, 4.69) is 21.3 Å². The van der Waals surface area contributed by atoms with E-state index in [1.165, 1.54) is 15.9 Å². The van der Waals surface area contributed by atoms with Crippen LogP contribution in [0.1, 0.15) is 70.2 Å². The Labute approximate surface area is 394 Å². The van der Waals surface area contributed by atoms with E-state index in [0.29, 0.717) is 37.3 Å². The summed E-state index contributed by atoms with van der Waals surface area (Å²) in [5.74, 6) is -11.4. The summed E-state index contributed by atoms with van der Waals surface area (Å²) in [7, 11) is -2.51. The fourth-order valence-corrected chi connectivity index (χ4v) is 8.29. The molecule has 0 aliphatic carbocycles. The van der Waals surface area contributed by atoms with Gasteiger partial charge in [-0.25, -0.2) is 22.4 Å². The molecule has 5 atom stereocenters. The van der Waals surface area contributed by atoms with E-state index in [4.69, 9.17) is 23.4 Å². The molecule has 4 N–H and O–H groups in total. The molecule has 0 radical (unpaired) electrons. The Balaban J connectivity index is 0.893. The summed E-state index contributed by atoms with van der Waals surface area (Å²) in [6, 6.07) is 9.09. The summed E-state index contributed by atoms with van der Waals surface area (Å²) < 4.78 is 85.7. The van der Waals surface area contributed by atoms with Gasteiger partial charge in [0.1, 0.15) is 35.3 Å². The van der Waals surface area contributed by atoms with E-state index in [1.807, 2.05) is 27.7 Å². The molecule has 3 fully saturated rings. The molecule has 4 aliphatic rings. The number of carbonyl (C=O) groups excluding carboxylic acids is 7. The van der Waals surface area contributed by atoms with Crippen LogP contribution in [0.4, 0.5) is 28.9 Å². The fraction of sp³-hybridized carbons (Fsp3) is 0.444. The van der Waals surface area contributed by atoms with E-state index in [-0.39, 0.29) is 48.2 Å². The fourth-order valence-electron chi connectivity index (χ4n) is 8.29. The third-order valence-electron chi connectivity index (χ3n) is 11.8. The molecule has 0 saturated carbocycles. The first kappa shape index (κ1) is 50.0. The molecule has 0 unspecified atom stereocenters. The van der Waals surface area contributed by atoms with Gasteiger partial charge in [-0.15, -0.1) is 0 Å². The van der Waals surface area contributed by atoms with Crippen LogP contribution in [0.2, 0.25) is 0 Å². The Morgan fingerprint density at radius 3 is 1.87 bits per heavy atom. The highest BCUT2D eigenvalue weighted by Crippen LogP contribution is 2.35. The number of nitrogens with one attached hydrogen (secondary N) is 4. The number of carbonyl (C=O) groups is 7. The first-order valence-corrected chi connectivity index (χ1v) is 22.5. The summed E-state index contributed by atoms with van der Waals surface area (Å²) in [5, 5.41) is 10.4. The van der Waals surface area contributed by atoms with Crippen LogP contribution in [-0.2, 0) is 42.7 Å².